The summed E-state index contributed by atoms with van der Waals surface area (Å²) < 4.78 is 10.7. The number of hydrazone groups is 1. The van der Waals surface area contributed by atoms with Gasteiger partial charge in [-0.25, -0.2) is 10.2 Å². The number of phenols is 2. The van der Waals surface area contributed by atoms with Crippen molar-refractivity contribution in [2.75, 3.05) is 7.11 Å². The number of esters is 1. The van der Waals surface area contributed by atoms with Crippen LogP contribution in [0.3, 0.4) is 0 Å². The smallest absolute Gasteiger partial charge is 0.343 e. The maximum absolute atomic E-state index is 12.3. The molecule has 0 atom stereocenters. The van der Waals surface area contributed by atoms with Crippen LogP contribution in [0, 0.1) is 6.92 Å². The molecule has 0 heterocycles. The summed E-state index contributed by atoms with van der Waals surface area (Å²) in [6.45, 7) is 1.92. The first-order chi connectivity index (χ1) is 14.9. The first-order valence-electron chi connectivity index (χ1n) is 9.19. The molecule has 0 aliphatic heterocycles. The normalized spacial score (nSPS) is 10.6. The third-order valence-corrected chi connectivity index (χ3v) is 4.28. The molecule has 0 aliphatic rings. The monoisotopic (exact) mass is 420 g/mol. The topological polar surface area (TPSA) is 117 Å². The number of phenolic OH excluding ortho intramolecular Hbond substituents is 2. The molecule has 8 nitrogen and oxygen atoms in total. The van der Waals surface area contributed by atoms with Crippen LogP contribution in [-0.2, 0) is 0 Å². The fraction of sp³-hybridized carbons (Fsp3) is 0.0870. The third kappa shape index (κ3) is 5.39. The second kappa shape index (κ2) is 9.45. The summed E-state index contributed by atoms with van der Waals surface area (Å²) in [6.07, 6.45) is 1.36. The molecule has 0 aromatic heterocycles. The summed E-state index contributed by atoms with van der Waals surface area (Å²) in [4.78, 5) is 24.4. The van der Waals surface area contributed by atoms with Gasteiger partial charge >= 0.3 is 5.97 Å². The van der Waals surface area contributed by atoms with Crippen LogP contribution >= 0.6 is 0 Å². The highest BCUT2D eigenvalue weighted by Gasteiger charge is 2.13. The lowest BCUT2D eigenvalue weighted by Gasteiger charge is -2.10. The largest absolute Gasteiger partial charge is 0.508 e. The van der Waals surface area contributed by atoms with Crippen molar-refractivity contribution in [3.8, 4) is 23.0 Å². The summed E-state index contributed by atoms with van der Waals surface area (Å²) in [5, 5.41) is 22.8. The predicted molar refractivity (Wildman–Crippen MR) is 114 cm³/mol. The first kappa shape index (κ1) is 21.4. The molecule has 3 rings (SSSR count). The number of amides is 1. The Kier molecular flexibility index (Phi) is 6.51. The number of carbonyl (C=O) groups excluding carboxylic acids is 2. The van der Waals surface area contributed by atoms with Gasteiger partial charge in [-0.3, -0.25) is 4.79 Å². The van der Waals surface area contributed by atoms with E-state index in [1.165, 1.54) is 25.5 Å². The van der Waals surface area contributed by atoms with Gasteiger partial charge in [0.05, 0.1) is 24.5 Å². The SMILES string of the molecule is COc1cc(/C=N\NC(=O)c2ccc(O)cc2O)ccc1OC(=O)c1ccc(C)cc1. The van der Waals surface area contributed by atoms with Gasteiger partial charge in [-0.15, -0.1) is 0 Å². The number of nitrogens with zero attached hydrogens (tertiary/aromatic N) is 1. The number of benzene rings is 3. The minimum atomic E-state index is -0.649. The summed E-state index contributed by atoms with van der Waals surface area (Å²) in [5.74, 6) is -1.14. The van der Waals surface area contributed by atoms with Crippen LogP contribution in [0.15, 0.2) is 65.8 Å². The molecule has 0 saturated heterocycles. The van der Waals surface area contributed by atoms with E-state index >= 15 is 0 Å². The van der Waals surface area contributed by atoms with Crippen LogP contribution in [0.5, 0.6) is 23.0 Å². The van der Waals surface area contributed by atoms with E-state index in [2.05, 4.69) is 10.5 Å². The van der Waals surface area contributed by atoms with Crippen molar-refractivity contribution in [1.29, 1.82) is 0 Å². The zero-order valence-corrected chi connectivity index (χ0v) is 16.8. The predicted octanol–water partition coefficient (Wildman–Crippen LogP) is 3.40. The van der Waals surface area contributed by atoms with E-state index in [0.29, 0.717) is 16.9 Å². The molecule has 3 aromatic carbocycles. The highest BCUT2D eigenvalue weighted by molar-refractivity contribution is 5.97. The second-order valence-corrected chi connectivity index (χ2v) is 6.57. The van der Waals surface area contributed by atoms with Gasteiger partial charge in [-0.1, -0.05) is 17.7 Å². The number of hydrogen-bond acceptors (Lipinski definition) is 7. The maximum Gasteiger partial charge on any atom is 0.343 e. The molecule has 0 aliphatic carbocycles. The van der Waals surface area contributed by atoms with E-state index < -0.39 is 11.9 Å². The summed E-state index contributed by atoms with van der Waals surface area (Å²) in [7, 11) is 1.44. The lowest BCUT2D eigenvalue weighted by Crippen LogP contribution is -2.17. The Morgan fingerprint density at radius 2 is 1.71 bits per heavy atom. The number of ether oxygens (including phenoxy) is 2. The van der Waals surface area contributed by atoms with Gasteiger partial charge in [0.15, 0.2) is 11.5 Å². The van der Waals surface area contributed by atoms with Crippen molar-refractivity contribution in [1.82, 2.24) is 5.43 Å². The molecule has 0 bridgehead atoms. The standard InChI is InChI=1S/C23H20N2O6/c1-14-3-6-16(7-4-14)23(29)31-20-10-5-15(11-21(20)30-2)13-24-25-22(28)18-9-8-17(26)12-19(18)27/h3-13,26-27H,1-2H3,(H,25,28)/b24-13-. The first-order valence-corrected chi connectivity index (χ1v) is 9.19. The van der Waals surface area contributed by atoms with Crippen molar-refractivity contribution < 1.29 is 29.3 Å². The Morgan fingerprint density at radius 1 is 0.968 bits per heavy atom. The van der Waals surface area contributed by atoms with Crippen molar-refractivity contribution in [3.63, 3.8) is 0 Å². The third-order valence-electron chi connectivity index (χ3n) is 4.28. The lowest BCUT2D eigenvalue weighted by molar-refractivity contribution is 0.0729. The highest BCUT2D eigenvalue weighted by atomic mass is 16.6. The minimum absolute atomic E-state index is 0.0362. The van der Waals surface area contributed by atoms with Crippen LogP contribution < -0.4 is 14.9 Å². The fourth-order valence-corrected chi connectivity index (χ4v) is 2.63. The van der Waals surface area contributed by atoms with E-state index in [0.717, 1.165) is 11.6 Å². The number of nitrogens with one attached hydrogen (secondary N) is 1. The summed E-state index contributed by atoms with van der Waals surface area (Å²) in [6, 6.07) is 15.4. The number of rotatable bonds is 6. The molecule has 158 valence electrons. The van der Waals surface area contributed by atoms with E-state index in [9.17, 15) is 19.8 Å². The van der Waals surface area contributed by atoms with Crippen molar-refractivity contribution in [3.05, 3.63) is 82.9 Å². The van der Waals surface area contributed by atoms with E-state index in [1.54, 1.807) is 30.3 Å². The van der Waals surface area contributed by atoms with Gasteiger partial charge in [0, 0.05) is 6.07 Å². The average molecular weight is 420 g/mol. The summed E-state index contributed by atoms with van der Waals surface area (Å²) in [5.41, 5.74) is 4.26. The Bertz CT molecular complexity index is 1140. The van der Waals surface area contributed by atoms with Gasteiger partial charge in [-0.2, -0.15) is 5.10 Å². The van der Waals surface area contributed by atoms with Crippen molar-refractivity contribution >= 4 is 18.1 Å². The molecule has 1 amide bonds. The van der Waals surface area contributed by atoms with Crippen LogP contribution in [0.4, 0.5) is 0 Å². The van der Waals surface area contributed by atoms with E-state index in [-0.39, 0.29) is 22.8 Å². The average Bonchev–Trinajstić information content (AvgIpc) is 2.75. The van der Waals surface area contributed by atoms with Gasteiger partial charge in [-0.05, 0) is 55.0 Å². The van der Waals surface area contributed by atoms with Crippen LogP contribution in [-0.4, -0.2) is 35.4 Å². The molecule has 0 fully saturated rings. The van der Waals surface area contributed by atoms with E-state index in [4.69, 9.17) is 9.47 Å². The fourth-order valence-electron chi connectivity index (χ4n) is 2.63. The van der Waals surface area contributed by atoms with Gasteiger partial charge in [0.1, 0.15) is 11.5 Å². The zero-order valence-electron chi connectivity index (χ0n) is 16.8. The number of aryl methyl sites for hydroxylation is 1. The quantitative estimate of drug-likeness (QED) is 0.244. The molecule has 3 N–H and O–H groups in total. The minimum Gasteiger partial charge on any atom is -0.508 e. The molecule has 8 heteroatoms. The Labute approximate surface area is 178 Å². The van der Waals surface area contributed by atoms with Crippen molar-refractivity contribution in [2.24, 2.45) is 5.10 Å². The number of methoxy groups -OCH3 is 1. The molecule has 3 aromatic rings. The Balaban J connectivity index is 1.68. The van der Waals surface area contributed by atoms with Crippen LogP contribution in [0.25, 0.3) is 0 Å². The number of carbonyl (C=O) groups is 2. The second-order valence-electron chi connectivity index (χ2n) is 6.57. The molecule has 0 spiro atoms. The van der Waals surface area contributed by atoms with Crippen LogP contribution in [0.2, 0.25) is 0 Å². The maximum atomic E-state index is 12.3. The van der Waals surface area contributed by atoms with E-state index in [1.807, 2.05) is 19.1 Å². The Morgan fingerprint density at radius 3 is 2.39 bits per heavy atom. The number of aromatic hydroxyl groups is 2. The van der Waals surface area contributed by atoms with Crippen LogP contribution in [0.1, 0.15) is 31.8 Å². The zero-order chi connectivity index (χ0) is 22.4. The molecule has 0 radical (unpaired) electrons. The van der Waals surface area contributed by atoms with Gasteiger partial charge in [0.2, 0.25) is 0 Å². The molecule has 0 saturated carbocycles. The highest BCUT2D eigenvalue weighted by Crippen LogP contribution is 2.28. The molecular formula is C23H20N2O6. The van der Waals surface area contributed by atoms with Gasteiger partial charge < -0.3 is 19.7 Å². The Hall–Kier alpha value is -4.33. The molecular weight excluding hydrogens is 400 g/mol. The van der Waals surface area contributed by atoms with Crippen molar-refractivity contribution in [2.45, 2.75) is 6.92 Å². The molecule has 31 heavy (non-hydrogen) atoms. The van der Waals surface area contributed by atoms with Gasteiger partial charge in [0.25, 0.3) is 5.91 Å². The molecule has 0 unspecified atom stereocenters. The number of hydrogen-bond donors (Lipinski definition) is 3. The lowest BCUT2D eigenvalue weighted by atomic mass is 10.1. The summed E-state index contributed by atoms with van der Waals surface area (Å²) >= 11 is 0.